The van der Waals surface area contributed by atoms with E-state index in [2.05, 4.69) is 0 Å². The predicted molar refractivity (Wildman–Crippen MR) is 12.2 cm³/mol. The van der Waals surface area contributed by atoms with Gasteiger partial charge in [0.2, 0.25) is 0 Å². The van der Waals surface area contributed by atoms with E-state index in [4.69, 9.17) is 22.2 Å². The molecule has 0 unspecified atom stereocenters. The van der Waals surface area contributed by atoms with Crippen LogP contribution in [0.5, 0.6) is 0 Å². The van der Waals surface area contributed by atoms with Gasteiger partial charge in [-0.05, 0) is 0 Å². The molecule has 0 aromatic heterocycles. The van der Waals surface area contributed by atoms with Crippen molar-refractivity contribution < 1.29 is 27.5 Å². The number of nitrogens with one attached hydrogen (secondary N) is 2. The summed E-state index contributed by atoms with van der Waals surface area (Å²) in [6.45, 7) is 0. The summed E-state index contributed by atoms with van der Waals surface area (Å²) in [5.74, 6) is 9.50. The zero-order chi connectivity index (χ0) is 4.00. The van der Waals surface area contributed by atoms with Crippen molar-refractivity contribution >= 4 is 0 Å². The van der Waals surface area contributed by atoms with Gasteiger partial charge in [-0.3, -0.25) is 0 Å². The van der Waals surface area contributed by atoms with Crippen molar-refractivity contribution in [1.82, 2.24) is 0 Å². The third kappa shape index (κ3) is 188. The fourth-order valence-corrected chi connectivity index (χ4v) is 0. The standard InChI is InChI=1S/Cu.2H2NO/c;2*1-2/h;2*1-2H/q+2;2*-1. The third-order valence-corrected chi connectivity index (χ3v) is 0. The van der Waals surface area contributed by atoms with Gasteiger partial charge in [-0.25, -0.2) is 0 Å². The molecule has 4 nitrogen and oxygen atoms in total. The van der Waals surface area contributed by atoms with Crippen LogP contribution >= 0.6 is 0 Å². The second-order valence-corrected chi connectivity index (χ2v) is 0. The minimum Gasteiger partial charge on any atom is -0.553 e. The minimum atomic E-state index is 0. The molecule has 0 aliphatic rings. The van der Waals surface area contributed by atoms with Crippen LogP contribution < -0.4 is 0 Å². The Morgan fingerprint density at radius 2 is 0.800 bits per heavy atom. The molecule has 0 saturated heterocycles. The first kappa shape index (κ1) is 18.3. The maximum atomic E-state index is 6.25. The van der Waals surface area contributed by atoms with Gasteiger partial charge in [0.25, 0.3) is 0 Å². The first-order chi connectivity index (χ1) is 2.00. The van der Waals surface area contributed by atoms with Crippen LogP contribution in [-0.2, 0) is 17.1 Å². The van der Waals surface area contributed by atoms with Crippen LogP contribution in [0.1, 0.15) is 0 Å². The first-order valence-corrected chi connectivity index (χ1v) is 0.447. The van der Waals surface area contributed by atoms with E-state index < -0.39 is 0 Å². The predicted octanol–water partition coefficient (Wildman–Crippen LogP) is 0.853. The van der Waals surface area contributed by atoms with E-state index in [-0.39, 0.29) is 17.1 Å². The largest absolute Gasteiger partial charge is 2.00 e. The molecule has 0 aromatic carbocycles. The Hall–Kier alpha value is 0.359. The summed E-state index contributed by atoms with van der Waals surface area (Å²) in [5.41, 5.74) is 0. The van der Waals surface area contributed by atoms with Crippen molar-refractivity contribution in [1.29, 1.82) is 0 Å². The Morgan fingerprint density at radius 3 is 0.800 bits per heavy atom. The quantitative estimate of drug-likeness (QED) is 0.373. The average Bonchev–Trinajstić information content (AvgIpc) is 1.50. The molecule has 0 amide bonds. The number of hydrogen-bond donors (Lipinski definition) is 2. The van der Waals surface area contributed by atoms with Crippen molar-refractivity contribution in [2.24, 2.45) is 0 Å². The molecule has 0 bridgehead atoms. The smallest absolute Gasteiger partial charge is 0.553 e. The van der Waals surface area contributed by atoms with Crippen LogP contribution in [0.3, 0.4) is 0 Å². The molecule has 0 spiro atoms. The van der Waals surface area contributed by atoms with Gasteiger partial charge in [0.1, 0.15) is 0 Å². The fraction of sp³-hybridized carbons (Fsp3) is 0. The summed E-state index contributed by atoms with van der Waals surface area (Å²) >= 11 is 0. The fourth-order valence-electron chi connectivity index (χ4n) is 0. The SMILES string of the molecule is [Cu+2].[NH-]O.[NH-]O. The van der Waals surface area contributed by atoms with Gasteiger partial charge in [0.15, 0.2) is 0 Å². The van der Waals surface area contributed by atoms with Crippen LogP contribution in [0.15, 0.2) is 0 Å². The molecule has 0 aromatic rings. The van der Waals surface area contributed by atoms with Crippen LogP contribution in [0, 0.1) is 0 Å². The van der Waals surface area contributed by atoms with Gasteiger partial charge in [-0.2, -0.15) is 0 Å². The van der Waals surface area contributed by atoms with Gasteiger partial charge < -0.3 is 22.2 Å². The Morgan fingerprint density at radius 1 is 0.800 bits per heavy atom. The summed E-state index contributed by atoms with van der Waals surface area (Å²) in [6.07, 6.45) is 0. The van der Waals surface area contributed by atoms with E-state index in [9.17, 15) is 0 Å². The molecular formula is H4CuN2O2. The van der Waals surface area contributed by atoms with Gasteiger partial charge in [-0.1, -0.05) is 0 Å². The topological polar surface area (TPSA) is 88.1 Å². The van der Waals surface area contributed by atoms with Gasteiger partial charge >= 0.3 is 17.1 Å². The summed E-state index contributed by atoms with van der Waals surface area (Å²) < 4.78 is 0. The van der Waals surface area contributed by atoms with E-state index in [1.54, 1.807) is 0 Å². The van der Waals surface area contributed by atoms with Gasteiger partial charge in [0, 0.05) is 0 Å². The van der Waals surface area contributed by atoms with Crippen LogP contribution in [-0.4, -0.2) is 10.4 Å². The van der Waals surface area contributed by atoms with Crippen molar-refractivity contribution in [3.8, 4) is 0 Å². The Balaban J connectivity index is -0.0000000133. The molecule has 37 valence electrons. The van der Waals surface area contributed by atoms with Gasteiger partial charge in [0.05, 0.1) is 0 Å². The Kier molecular flexibility index (Phi) is 1390. The Bertz CT molecular complexity index is 7.61. The summed E-state index contributed by atoms with van der Waals surface area (Å²) in [4.78, 5) is 0. The zero-order valence-corrected chi connectivity index (χ0v) is 3.14. The second-order valence-electron chi connectivity index (χ2n) is 0. The third-order valence-electron chi connectivity index (χ3n) is 0. The zero-order valence-electron chi connectivity index (χ0n) is 2.20. The molecule has 1 radical (unpaired) electrons. The second kappa shape index (κ2) is 381. The molecule has 0 saturated carbocycles. The molecule has 0 rings (SSSR count). The maximum absolute atomic E-state index is 6.25. The van der Waals surface area contributed by atoms with E-state index in [1.807, 2.05) is 0 Å². The molecule has 0 fully saturated rings. The van der Waals surface area contributed by atoms with Crippen LogP contribution in [0.2, 0.25) is 0 Å². The van der Waals surface area contributed by atoms with Crippen molar-refractivity contribution in [3.63, 3.8) is 0 Å². The van der Waals surface area contributed by atoms with Gasteiger partial charge in [-0.15, -0.1) is 0 Å². The average molecular weight is 128 g/mol. The van der Waals surface area contributed by atoms with Crippen molar-refractivity contribution in [3.05, 3.63) is 11.8 Å². The van der Waals surface area contributed by atoms with Crippen LogP contribution in [0.4, 0.5) is 0 Å². The van der Waals surface area contributed by atoms with E-state index in [0.717, 1.165) is 0 Å². The van der Waals surface area contributed by atoms with E-state index >= 15 is 0 Å². The molecular weight excluding hydrogens is 124 g/mol. The molecule has 0 aliphatic carbocycles. The summed E-state index contributed by atoms with van der Waals surface area (Å²) in [7, 11) is 0. The first-order valence-electron chi connectivity index (χ1n) is 0.447. The number of hydrogen-bond acceptors (Lipinski definition) is 2. The van der Waals surface area contributed by atoms with E-state index in [0.29, 0.717) is 0 Å². The molecule has 5 heavy (non-hydrogen) atoms. The van der Waals surface area contributed by atoms with Crippen molar-refractivity contribution in [2.45, 2.75) is 0 Å². The minimum absolute atomic E-state index is 0. The summed E-state index contributed by atoms with van der Waals surface area (Å²) in [6, 6.07) is 0. The van der Waals surface area contributed by atoms with E-state index in [1.165, 1.54) is 0 Å². The molecule has 0 atom stereocenters. The van der Waals surface area contributed by atoms with Crippen LogP contribution in [0.25, 0.3) is 11.8 Å². The maximum Gasteiger partial charge on any atom is 2.00 e. The Labute approximate surface area is 40.2 Å². The molecule has 0 aliphatic heterocycles. The molecule has 5 heteroatoms. The normalized spacial score (nSPS) is 2.40. The molecule has 4 N–H and O–H groups in total. The number of rotatable bonds is 0. The summed E-state index contributed by atoms with van der Waals surface area (Å²) in [5, 5.41) is 12.5. The monoisotopic (exact) mass is 127 g/mol. The van der Waals surface area contributed by atoms with Crippen molar-refractivity contribution in [2.75, 3.05) is 0 Å². The molecule has 0 heterocycles.